The maximum atomic E-state index is 12.3. The predicted octanol–water partition coefficient (Wildman–Crippen LogP) is 3.31. The lowest BCUT2D eigenvalue weighted by Gasteiger charge is -2.21. The van der Waals surface area contributed by atoms with Gasteiger partial charge in [0.2, 0.25) is 11.8 Å². The van der Waals surface area contributed by atoms with Crippen molar-refractivity contribution in [2.24, 2.45) is 0 Å². The van der Waals surface area contributed by atoms with Crippen LogP contribution in [0.15, 0.2) is 36.5 Å². The maximum absolute atomic E-state index is 12.3. The van der Waals surface area contributed by atoms with Crippen molar-refractivity contribution in [2.75, 3.05) is 29.2 Å². The highest BCUT2D eigenvalue weighted by atomic mass is 35.5. The second-order valence-corrected chi connectivity index (χ2v) is 6.69. The molecular formula is C19H21ClN4O3. The van der Waals surface area contributed by atoms with Crippen LogP contribution in [-0.2, 0) is 9.59 Å². The first kappa shape index (κ1) is 19.0. The minimum absolute atomic E-state index is 0.0946. The Morgan fingerprint density at radius 2 is 2.15 bits per heavy atom. The first-order chi connectivity index (χ1) is 13.0. The molecule has 2 heterocycles. The average molecular weight is 389 g/mol. The van der Waals surface area contributed by atoms with Gasteiger partial charge in [-0.1, -0.05) is 11.6 Å². The number of amides is 2. The van der Waals surface area contributed by atoms with Crippen molar-refractivity contribution in [3.8, 4) is 5.75 Å². The Morgan fingerprint density at radius 3 is 2.78 bits per heavy atom. The molecule has 2 aromatic rings. The number of nitrogens with one attached hydrogen (secondary N) is 2. The summed E-state index contributed by atoms with van der Waals surface area (Å²) < 4.78 is 5.44. The van der Waals surface area contributed by atoms with Crippen molar-refractivity contribution in [3.63, 3.8) is 0 Å². The van der Waals surface area contributed by atoms with Crippen LogP contribution in [0.2, 0.25) is 5.02 Å². The van der Waals surface area contributed by atoms with E-state index in [-0.39, 0.29) is 11.8 Å². The Morgan fingerprint density at radius 1 is 1.33 bits per heavy atom. The van der Waals surface area contributed by atoms with E-state index in [2.05, 4.69) is 15.6 Å². The molecule has 27 heavy (non-hydrogen) atoms. The lowest BCUT2D eigenvalue weighted by atomic mass is 10.2. The van der Waals surface area contributed by atoms with E-state index in [0.717, 1.165) is 12.1 Å². The molecule has 1 aliphatic heterocycles. The number of benzene rings is 1. The summed E-state index contributed by atoms with van der Waals surface area (Å²) in [5.74, 6) is 0.876. The van der Waals surface area contributed by atoms with Crippen LogP contribution >= 0.6 is 11.6 Å². The molecule has 1 fully saturated rings. The summed E-state index contributed by atoms with van der Waals surface area (Å²) in [5.41, 5.74) is 1.46. The maximum Gasteiger partial charge on any atom is 0.247 e. The van der Waals surface area contributed by atoms with Crippen LogP contribution in [-0.4, -0.2) is 36.5 Å². The lowest BCUT2D eigenvalue weighted by Crippen LogP contribution is -2.32. The van der Waals surface area contributed by atoms with Gasteiger partial charge in [0.15, 0.2) is 0 Å². The number of aromatic nitrogens is 1. The number of pyridine rings is 1. The third kappa shape index (κ3) is 4.49. The van der Waals surface area contributed by atoms with Crippen LogP contribution in [0.3, 0.4) is 0 Å². The molecule has 0 aliphatic carbocycles. The van der Waals surface area contributed by atoms with Crippen LogP contribution < -0.4 is 20.3 Å². The highest BCUT2D eigenvalue weighted by molar-refractivity contribution is 6.30. The zero-order chi connectivity index (χ0) is 19.4. The summed E-state index contributed by atoms with van der Waals surface area (Å²) in [6, 6.07) is 8.23. The first-order valence-electron chi connectivity index (χ1n) is 8.65. The Hall–Kier alpha value is -2.80. The number of anilines is 3. The molecule has 1 aromatic carbocycles. The molecular weight excluding hydrogens is 368 g/mol. The number of methoxy groups -OCH3 is 1. The van der Waals surface area contributed by atoms with Gasteiger partial charge in [-0.25, -0.2) is 4.98 Å². The molecule has 0 bridgehead atoms. The van der Waals surface area contributed by atoms with Gasteiger partial charge in [-0.05, 0) is 37.6 Å². The number of carbonyl (C=O) groups is 2. The minimum atomic E-state index is -0.508. The van der Waals surface area contributed by atoms with Crippen molar-refractivity contribution < 1.29 is 14.3 Å². The minimum Gasteiger partial charge on any atom is -0.494 e. The van der Waals surface area contributed by atoms with E-state index in [0.29, 0.717) is 35.2 Å². The molecule has 0 saturated carbocycles. The summed E-state index contributed by atoms with van der Waals surface area (Å²) in [6.45, 7) is 2.44. The molecule has 0 radical (unpaired) electrons. The Labute approximate surface area is 162 Å². The standard InChI is InChI=1S/C19H21ClN4O3/c1-12(19(26)23-17-8-5-13(20)11-21-17)22-14-6-7-15(16(10-14)27-2)24-9-3-4-18(24)25/h5-8,10-12,22H,3-4,9H2,1-2H3,(H,21,23,26). The second kappa shape index (κ2) is 8.26. The van der Waals surface area contributed by atoms with Crippen molar-refractivity contribution >= 4 is 40.6 Å². The van der Waals surface area contributed by atoms with E-state index >= 15 is 0 Å². The van der Waals surface area contributed by atoms with E-state index in [9.17, 15) is 9.59 Å². The van der Waals surface area contributed by atoms with Crippen LogP contribution in [0.25, 0.3) is 0 Å². The quantitative estimate of drug-likeness (QED) is 0.793. The largest absolute Gasteiger partial charge is 0.494 e. The van der Waals surface area contributed by atoms with Crippen molar-refractivity contribution in [1.82, 2.24) is 4.98 Å². The second-order valence-electron chi connectivity index (χ2n) is 6.25. The van der Waals surface area contributed by atoms with Crippen LogP contribution in [0.1, 0.15) is 19.8 Å². The molecule has 142 valence electrons. The molecule has 1 atom stereocenters. The summed E-state index contributed by atoms with van der Waals surface area (Å²) in [4.78, 5) is 30.1. The molecule has 8 heteroatoms. The summed E-state index contributed by atoms with van der Waals surface area (Å²) in [5, 5.41) is 6.35. The SMILES string of the molecule is COc1cc(NC(C)C(=O)Nc2ccc(Cl)cn2)ccc1N1CCCC1=O. The predicted molar refractivity (Wildman–Crippen MR) is 106 cm³/mol. The van der Waals surface area contributed by atoms with Crippen molar-refractivity contribution in [1.29, 1.82) is 0 Å². The highest BCUT2D eigenvalue weighted by Crippen LogP contribution is 2.34. The van der Waals surface area contributed by atoms with Gasteiger partial charge in [-0.2, -0.15) is 0 Å². The van der Waals surface area contributed by atoms with Crippen LogP contribution in [0.4, 0.5) is 17.2 Å². The molecule has 1 aromatic heterocycles. The molecule has 2 N–H and O–H groups in total. The zero-order valence-electron chi connectivity index (χ0n) is 15.2. The smallest absolute Gasteiger partial charge is 0.247 e. The fourth-order valence-electron chi connectivity index (χ4n) is 2.89. The van der Waals surface area contributed by atoms with Crippen molar-refractivity contribution in [3.05, 3.63) is 41.6 Å². The van der Waals surface area contributed by atoms with Gasteiger partial charge < -0.3 is 20.3 Å². The van der Waals surface area contributed by atoms with Gasteiger partial charge in [0.25, 0.3) is 0 Å². The summed E-state index contributed by atoms with van der Waals surface area (Å²) >= 11 is 5.79. The molecule has 1 saturated heterocycles. The third-order valence-electron chi connectivity index (χ3n) is 4.30. The fourth-order valence-corrected chi connectivity index (χ4v) is 3.00. The summed E-state index contributed by atoms with van der Waals surface area (Å²) in [6.07, 6.45) is 2.87. The number of ether oxygens (including phenoxy) is 1. The van der Waals surface area contributed by atoms with E-state index in [4.69, 9.17) is 16.3 Å². The fraction of sp³-hybridized carbons (Fsp3) is 0.316. The molecule has 3 rings (SSSR count). The summed E-state index contributed by atoms with van der Waals surface area (Å²) in [7, 11) is 1.56. The molecule has 1 aliphatic rings. The normalized spacial score (nSPS) is 14.8. The first-order valence-corrected chi connectivity index (χ1v) is 9.03. The molecule has 1 unspecified atom stereocenters. The zero-order valence-corrected chi connectivity index (χ0v) is 15.9. The van der Waals surface area contributed by atoms with Gasteiger partial charge in [0.05, 0.1) is 17.8 Å². The average Bonchev–Trinajstić information content (AvgIpc) is 3.09. The van der Waals surface area contributed by atoms with E-state index in [1.807, 2.05) is 12.1 Å². The Balaban J connectivity index is 1.68. The molecule has 0 spiro atoms. The highest BCUT2D eigenvalue weighted by Gasteiger charge is 2.24. The van der Waals surface area contributed by atoms with E-state index in [1.165, 1.54) is 6.20 Å². The Bertz CT molecular complexity index is 841. The number of hydrogen-bond acceptors (Lipinski definition) is 5. The van der Waals surface area contributed by atoms with Gasteiger partial charge in [-0.15, -0.1) is 0 Å². The Kier molecular flexibility index (Phi) is 5.81. The number of rotatable bonds is 6. The third-order valence-corrected chi connectivity index (χ3v) is 4.52. The number of hydrogen-bond donors (Lipinski definition) is 2. The van der Waals surface area contributed by atoms with Gasteiger partial charge in [0.1, 0.15) is 17.6 Å². The van der Waals surface area contributed by atoms with Gasteiger partial charge >= 0.3 is 0 Å². The van der Waals surface area contributed by atoms with Gasteiger partial charge in [-0.3, -0.25) is 9.59 Å². The van der Waals surface area contributed by atoms with Crippen molar-refractivity contribution in [2.45, 2.75) is 25.8 Å². The monoisotopic (exact) mass is 388 g/mol. The van der Waals surface area contributed by atoms with Crippen LogP contribution in [0, 0.1) is 0 Å². The number of carbonyl (C=O) groups excluding carboxylic acids is 2. The number of halogens is 1. The molecule has 7 nitrogen and oxygen atoms in total. The van der Waals surface area contributed by atoms with Crippen LogP contribution in [0.5, 0.6) is 5.75 Å². The molecule has 2 amide bonds. The number of nitrogens with zero attached hydrogens (tertiary/aromatic N) is 2. The van der Waals surface area contributed by atoms with Gasteiger partial charge in [0, 0.05) is 30.9 Å². The van der Waals surface area contributed by atoms with E-state index < -0.39 is 6.04 Å². The topological polar surface area (TPSA) is 83.6 Å². The van der Waals surface area contributed by atoms with E-state index in [1.54, 1.807) is 37.1 Å². The lowest BCUT2D eigenvalue weighted by molar-refractivity contribution is -0.117.